The van der Waals surface area contributed by atoms with E-state index in [2.05, 4.69) is 25.1 Å². The average Bonchev–Trinajstić information content (AvgIpc) is 2.43. The predicted molar refractivity (Wildman–Crippen MR) is 60.7 cm³/mol. The highest BCUT2D eigenvalue weighted by molar-refractivity contribution is 6.30. The van der Waals surface area contributed by atoms with Crippen LogP contribution < -0.4 is 5.73 Å². The molecule has 0 aliphatic rings. The van der Waals surface area contributed by atoms with Gasteiger partial charge >= 0.3 is 0 Å². The van der Waals surface area contributed by atoms with Crippen LogP contribution in [0.25, 0.3) is 10.9 Å². The molecule has 0 bridgehead atoms. The van der Waals surface area contributed by atoms with E-state index in [1.165, 1.54) is 10.9 Å². The SMILES string of the molecule is Cc1ccc2c(c1)cc(Cl)n2CCN. The summed E-state index contributed by atoms with van der Waals surface area (Å²) < 4.78 is 2.04. The maximum Gasteiger partial charge on any atom is 0.110 e. The maximum atomic E-state index is 6.11. The van der Waals surface area contributed by atoms with Crippen LogP contribution in [0.2, 0.25) is 5.15 Å². The summed E-state index contributed by atoms with van der Waals surface area (Å²) in [5.74, 6) is 0. The summed E-state index contributed by atoms with van der Waals surface area (Å²) in [5, 5.41) is 1.94. The summed E-state index contributed by atoms with van der Waals surface area (Å²) in [7, 11) is 0. The van der Waals surface area contributed by atoms with E-state index in [0.717, 1.165) is 17.2 Å². The Morgan fingerprint density at radius 1 is 1.36 bits per heavy atom. The Morgan fingerprint density at radius 3 is 2.86 bits per heavy atom. The number of halogens is 1. The number of rotatable bonds is 2. The molecule has 0 radical (unpaired) electrons. The Hall–Kier alpha value is -0.990. The van der Waals surface area contributed by atoms with Gasteiger partial charge in [0.05, 0.1) is 0 Å². The van der Waals surface area contributed by atoms with Crippen molar-refractivity contribution in [3.63, 3.8) is 0 Å². The third-order valence-electron chi connectivity index (χ3n) is 2.36. The van der Waals surface area contributed by atoms with Gasteiger partial charge in [-0.05, 0) is 25.1 Å². The molecule has 2 aromatic rings. The van der Waals surface area contributed by atoms with Crippen molar-refractivity contribution >= 4 is 22.5 Å². The summed E-state index contributed by atoms with van der Waals surface area (Å²) in [4.78, 5) is 0. The minimum absolute atomic E-state index is 0.609. The van der Waals surface area contributed by atoms with Gasteiger partial charge in [-0.3, -0.25) is 0 Å². The minimum atomic E-state index is 0.609. The van der Waals surface area contributed by atoms with Gasteiger partial charge in [-0.2, -0.15) is 0 Å². The molecule has 0 unspecified atom stereocenters. The van der Waals surface area contributed by atoms with Gasteiger partial charge in [0.2, 0.25) is 0 Å². The van der Waals surface area contributed by atoms with Gasteiger partial charge in [-0.15, -0.1) is 0 Å². The van der Waals surface area contributed by atoms with Crippen LogP contribution in [0.5, 0.6) is 0 Å². The van der Waals surface area contributed by atoms with E-state index < -0.39 is 0 Å². The molecule has 1 heterocycles. The Bertz CT molecular complexity index is 460. The van der Waals surface area contributed by atoms with Crippen molar-refractivity contribution in [2.45, 2.75) is 13.5 Å². The largest absolute Gasteiger partial charge is 0.330 e. The lowest BCUT2D eigenvalue weighted by atomic mass is 10.2. The number of hydrogen-bond acceptors (Lipinski definition) is 1. The van der Waals surface area contributed by atoms with E-state index >= 15 is 0 Å². The summed E-state index contributed by atoms with van der Waals surface area (Å²) in [5.41, 5.74) is 7.94. The van der Waals surface area contributed by atoms with Gasteiger partial charge in [0.1, 0.15) is 5.15 Å². The van der Waals surface area contributed by atoms with E-state index in [0.29, 0.717) is 6.54 Å². The molecule has 2 N–H and O–H groups in total. The fraction of sp³-hybridized carbons (Fsp3) is 0.273. The van der Waals surface area contributed by atoms with Crippen LogP contribution in [0.4, 0.5) is 0 Å². The first-order valence-corrected chi connectivity index (χ1v) is 5.05. The van der Waals surface area contributed by atoms with E-state index in [-0.39, 0.29) is 0 Å². The van der Waals surface area contributed by atoms with Crippen molar-refractivity contribution in [3.05, 3.63) is 35.0 Å². The smallest absolute Gasteiger partial charge is 0.110 e. The van der Waals surface area contributed by atoms with Gasteiger partial charge in [-0.1, -0.05) is 23.2 Å². The number of aromatic nitrogens is 1. The van der Waals surface area contributed by atoms with Crippen LogP contribution in [0.1, 0.15) is 5.56 Å². The molecule has 0 aliphatic heterocycles. The minimum Gasteiger partial charge on any atom is -0.330 e. The molecule has 0 aliphatic carbocycles. The third-order valence-corrected chi connectivity index (χ3v) is 2.67. The van der Waals surface area contributed by atoms with Crippen molar-refractivity contribution in [1.82, 2.24) is 4.57 Å². The Balaban J connectivity index is 2.64. The first-order valence-electron chi connectivity index (χ1n) is 4.68. The molecule has 14 heavy (non-hydrogen) atoms. The molecule has 0 saturated carbocycles. The second-order valence-electron chi connectivity index (χ2n) is 3.47. The van der Waals surface area contributed by atoms with Crippen LogP contribution in [0.3, 0.4) is 0 Å². The number of hydrogen-bond donors (Lipinski definition) is 1. The molecule has 0 saturated heterocycles. The summed E-state index contributed by atoms with van der Waals surface area (Å²) in [6, 6.07) is 8.30. The number of nitrogens with zero attached hydrogens (tertiary/aromatic N) is 1. The molecule has 3 heteroatoms. The second kappa shape index (κ2) is 3.64. The van der Waals surface area contributed by atoms with Crippen molar-refractivity contribution in [2.24, 2.45) is 5.73 Å². The lowest BCUT2D eigenvalue weighted by Gasteiger charge is -2.04. The van der Waals surface area contributed by atoms with Crippen LogP contribution in [0, 0.1) is 6.92 Å². The number of fused-ring (bicyclic) bond motifs is 1. The Kier molecular flexibility index (Phi) is 2.48. The average molecular weight is 209 g/mol. The Labute approximate surface area is 88.3 Å². The van der Waals surface area contributed by atoms with Gasteiger partial charge in [0.15, 0.2) is 0 Å². The van der Waals surface area contributed by atoms with E-state index in [4.69, 9.17) is 17.3 Å². The van der Waals surface area contributed by atoms with Crippen LogP contribution in [-0.4, -0.2) is 11.1 Å². The van der Waals surface area contributed by atoms with Crippen LogP contribution in [-0.2, 0) is 6.54 Å². The zero-order valence-electron chi connectivity index (χ0n) is 8.13. The normalized spacial score (nSPS) is 11.1. The van der Waals surface area contributed by atoms with Crippen molar-refractivity contribution < 1.29 is 0 Å². The highest BCUT2D eigenvalue weighted by atomic mass is 35.5. The summed E-state index contributed by atoms with van der Waals surface area (Å²) >= 11 is 6.11. The number of benzene rings is 1. The monoisotopic (exact) mass is 208 g/mol. The van der Waals surface area contributed by atoms with Crippen molar-refractivity contribution in [3.8, 4) is 0 Å². The predicted octanol–water partition coefficient (Wildman–Crippen LogP) is 2.56. The highest BCUT2D eigenvalue weighted by Crippen LogP contribution is 2.24. The number of nitrogens with two attached hydrogens (primary N) is 1. The second-order valence-corrected chi connectivity index (χ2v) is 3.86. The summed E-state index contributed by atoms with van der Waals surface area (Å²) in [6.07, 6.45) is 0. The molecule has 2 nitrogen and oxygen atoms in total. The molecule has 1 aromatic carbocycles. The fourth-order valence-corrected chi connectivity index (χ4v) is 2.01. The fourth-order valence-electron chi connectivity index (χ4n) is 1.71. The van der Waals surface area contributed by atoms with Gasteiger partial charge < -0.3 is 10.3 Å². The van der Waals surface area contributed by atoms with E-state index in [1.54, 1.807) is 0 Å². The van der Waals surface area contributed by atoms with Crippen LogP contribution >= 0.6 is 11.6 Å². The molecule has 0 spiro atoms. The summed E-state index contributed by atoms with van der Waals surface area (Å²) in [6.45, 7) is 3.45. The molecule has 2 rings (SSSR count). The molecular weight excluding hydrogens is 196 g/mol. The Morgan fingerprint density at radius 2 is 2.14 bits per heavy atom. The van der Waals surface area contributed by atoms with E-state index in [1.807, 2.05) is 10.6 Å². The van der Waals surface area contributed by atoms with Gasteiger partial charge in [0, 0.05) is 24.0 Å². The lowest BCUT2D eigenvalue weighted by Crippen LogP contribution is -2.09. The first kappa shape index (κ1) is 9.56. The van der Waals surface area contributed by atoms with Crippen LogP contribution in [0.15, 0.2) is 24.3 Å². The maximum absolute atomic E-state index is 6.11. The molecule has 74 valence electrons. The zero-order valence-corrected chi connectivity index (χ0v) is 8.88. The van der Waals surface area contributed by atoms with Crippen molar-refractivity contribution in [1.29, 1.82) is 0 Å². The number of aryl methyl sites for hydroxylation is 1. The molecule has 0 atom stereocenters. The first-order chi connectivity index (χ1) is 6.72. The molecule has 0 amide bonds. The highest BCUT2D eigenvalue weighted by Gasteiger charge is 2.05. The lowest BCUT2D eigenvalue weighted by molar-refractivity contribution is 0.736. The topological polar surface area (TPSA) is 30.9 Å². The molecule has 1 aromatic heterocycles. The molecular formula is C11H13ClN2. The standard InChI is InChI=1S/C11H13ClN2/c1-8-2-3-10-9(6-8)7-11(12)14(10)5-4-13/h2-3,6-7H,4-5,13H2,1H3. The van der Waals surface area contributed by atoms with Crippen molar-refractivity contribution in [2.75, 3.05) is 6.54 Å². The quantitative estimate of drug-likeness (QED) is 0.808. The third kappa shape index (κ3) is 1.51. The molecule has 0 fully saturated rings. The zero-order chi connectivity index (χ0) is 10.1. The van der Waals surface area contributed by atoms with Gasteiger partial charge in [-0.25, -0.2) is 0 Å². The van der Waals surface area contributed by atoms with E-state index in [9.17, 15) is 0 Å². The van der Waals surface area contributed by atoms with Gasteiger partial charge in [0.25, 0.3) is 0 Å².